The Hall–Kier alpha value is -2.30. The van der Waals surface area contributed by atoms with Crippen LogP contribution in [0.3, 0.4) is 0 Å². The highest BCUT2D eigenvalue weighted by molar-refractivity contribution is 6.02. The lowest BCUT2D eigenvalue weighted by Crippen LogP contribution is -2.33. The van der Waals surface area contributed by atoms with E-state index in [-0.39, 0.29) is 17.7 Å². The van der Waals surface area contributed by atoms with Crippen LogP contribution in [0.25, 0.3) is 0 Å². The van der Waals surface area contributed by atoms with Gasteiger partial charge in [-0.1, -0.05) is 0 Å². The zero-order valence-electron chi connectivity index (χ0n) is 13.4. The first-order valence-electron chi connectivity index (χ1n) is 7.43. The van der Waals surface area contributed by atoms with Gasteiger partial charge in [0, 0.05) is 23.7 Å². The molecule has 1 amide bonds. The highest BCUT2D eigenvalue weighted by atomic mass is 16.3. The minimum atomic E-state index is -0.181. The highest BCUT2D eigenvalue weighted by Gasteiger charge is 2.20. The number of ketones is 1. The first kappa shape index (κ1) is 16.1. The van der Waals surface area contributed by atoms with Gasteiger partial charge in [0.15, 0.2) is 5.78 Å². The molecule has 2 heterocycles. The maximum Gasteiger partial charge on any atom is 0.268 e. The fourth-order valence-electron chi connectivity index (χ4n) is 2.69. The Kier molecular flexibility index (Phi) is 4.85. The number of furan rings is 1. The van der Waals surface area contributed by atoms with E-state index in [4.69, 9.17) is 4.42 Å². The van der Waals surface area contributed by atoms with Crippen LogP contribution in [0.1, 0.15) is 58.1 Å². The molecule has 1 unspecified atom stereocenters. The molecule has 5 heteroatoms. The van der Waals surface area contributed by atoms with Crippen molar-refractivity contribution >= 4 is 11.7 Å². The summed E-state index contributed by atoms with van der Waals surface area (Å²) >= 11 is 0. The van der Waals surface area contributed by atoms with Gasteiger partial charge in [0.05, 0.1) is 6.26 Å². The van der Waals surface area contributed by atoms with Crippen molar-refractivity contribution in [3.05, 3.63) is 46.7 Å². The van der Waals surface area contributed by atoms with Crippen molar-refractivity contribution < 1.29 is 14.0 Å². The molecule has 0 saturated heterocycles. The first-order chi connectivity index (χ1) is 10.4. The van der Waals surface area contributed by atoms with Crippen molar-refractivity contribution in [3.63, 3.8) is 0 Å². The third kappa shape index (κ3) is 3.47. The van der Waals surface area contributed by atoms with Gasteiger partial charge in [-0.3, -0.25) is 9.59 Å². The van der Waals surface area contributed by atoms with E-state index in [0.717, 1.165) is 24.3 Å². The van der Waals surface area contributed by atoms with Crippen LogP contribution < -0.4 is 5.32 Å². The maximum atomic E-state index is 12.3. The van der Waals surface area contributed by atoms with Crippen LogP contribution in [0, 0.1) is 13.8 Å². The molecule has 2 rings (SSSR count). The number of hydrogen-bond acceptors (Lipinski definition) is 3. The zero-order chi connectivity index (χ0) is 16.3. The van der Waals surface area contributed by atoms with E-state index >= 15 is 0 Å². The van der Waals surface area contributed by atoms with Crippen LogP contribution in [0.5, 0.6) is 0 Å². The SMILES string of the molecule is CC(=O)c1c(C)[nH]c(C(=O)NC(C)CCc2ccco2)c1C. The third-order valence-electron chi connectivity index (χ3n) is 3.80. The van der Waals surface area contributed by atoms with Crippen LogP contribution in [-0.2, 0) is 6.42 Å². The normalized spacial score (nSPS) is 12.2. The number of aromatic nitrogens is 1. The van der Waals surface area contributed by atoms with Crippen LogP contribution >= 0.6 is 0 Å². The molecule has 0 aromatic carbocycles. The summed E-state index contributed by atoms with van der Waals surface area (Å²) in [4.78, 5) is 27.0. The number of aromatic amines is 1. The summed E-state index contributed by atoms with van der Waals surface area (Å²) in [5.74, 6) is 0.697. The summed E-state index contributed by atoms with van der Waals surface area (Å²) in [5.41, 5.74) is 2.51. The Morgan fingerprint density at radius 1 is 1.36 bits per heavy atom. The molecular formula is C17H22N2O3. The lowest BCUT2D eigenvalue weighted by Gasteiger charge is -2.13. The molecule has 0 radical (unpaired) electrons. The number of hydrogen-bond donors (Lipinski definition) is 2. The van der Waals surface area contributed by atoms with Crippen molar-refractivity contribution in [1.29, 1.82) is 0 Å². The molecule has 0 saturated carbocycles. The van der Waals surface area contributed by atoms with Gasteiger partial charge < -0.3 is 14.7 Å². The smallest absolute Gasteiger partial charge is 0.268 e. The molecule has 5 nitrogen and oxygen atoms in total. The summed E-state index contributed by atoms with van der Waals surface area (Å²) in [5, 5.41) is 2.96. The number of amides is 1. The molecule has 0 aliphatic heterocycles. The first-order valence-corrected chi connectivity index (χ1v) is 7.43. The average Bonchev–Trinajstić information content (AvgIpc) is 3.04. The molecule has 2 aromatic rings. The molecule has 22 heavy (non-hydrogen) atoms. The molecule has 0 fully saturated rings. The van der Waals surface area contributed by atoms with Gasteiger partial charge in [0.2, 0.25) is 0 Å². The predicted octanol–water partition coefficient (Wildman–Crippen LogP) is 3.18. The molecule has 2 N–H and O–H groups in total. The van der Waals surface area contributed by atoms with E-state index in [1.165, 1.54) is 6.92 Å². The minimum absolute atomic E-state index is 0.0152. The fourth-order valence-corrected chi connectivity index (χ4v) is 2.69. The molecule has 1 atom stereocenters. The van der Waals surface area contributed by atoms with Gasteiger partial charge in [-0.05, 0) is 51.8 Å². The van der Waals surface area contributed by atoms with E-state index in [1.807, 2.05) is 19.1 Å². The largest absolute Gasteiger partial charge is 0.469 e. The summed E-state index contributed by atoms with van der Waals surface area (Å²) < 4.78 is 5.28. The van der Waals surface area contributed by atoms with Gasteiger partial charge in [0.1, 0.15) is 11.5 Å². The Morgan fingerprint density at radius 3 is 2.64 bits per heavy atom. The lowest BCUT2D eigenvalue weighted by molar-refractivity contribution is 0.0932. The van der Waals surface area contributed by atoms with Crippen molar-refractivity contribution in [2.75, 3.05) is 0 Å². The van der Waals surface area contributed by atoms with Gasteiger partial charge in [-0.2, -0.15) is 0 Å². The second-order valence-corrected chi connectivity index (χ2v) is 5.67. The van der Waals surface area contributed by atoms with Crippen LogP contribution in [0.2, 0.25) is 0 Å². The van der Waals surface area contributed by atoms with Crippen molar-refractivity contribution in [1.82, 2.24) is 10.3 Å². The number of H-pyrrole nitrogens is 1. The van der Waals surface area contributed by atoms with E-state index in [0.29, 0.717) is 16.8 Å². The zero-order valence-corrected chi connectivity index (χ0v) is 13.4. The molecule has 0 aliphatic carbocycles. The van der Waals surface area contributed by atoms with Gasteiger partial charge in [-0.15, -0.1) is 0 Å². The summed E-state index contributed by atoms with van der Waals surface area (Å²) in [6.45, 7) is 7.07. The number of aryl methyl sites for hydroxylation is 2. The second kappa shape index (κ2) is 6.64. The topological polar surface area (TPSA) is 75.1 Å². The van der Waals surface area contributed by atoms with Crippen molar-refractivity contribution in [2.24, 2.45) is 0 Å². The number of Topliss-reactive ketones (excluding diaryl/α,β-unsaturated/α-hetero) is 1. The molecule has 0 aliphatic rings. The summed E-state index contributed by atoms with van der Waals surface area (Å²) in [7, 11) is 0. The lowest BCUT2D eigenvalue weighted by atomic mass is 10.1. The summed E-state index contributed by atoms with van der Waals surface area (Å²) in [6, 6.07) is 3.79. The van der Waals surface area contributed by atoms with E-state index in [9.17, 15) is 9.59 Å². The Balaban J connectivity index is 2.00. The van der Waals surface area contributed by atoms with Gasteiger partial charge in [-0.25, -0.2) is 0 Å². The minimum Gasteiger partial charge on any atom is -0.469 e. The molecule has 118 valence electrons. The van der Waals surface area contributed by atoms with Gasteiger partial charge >= 0.3 is 0 Å². The standard InChI is InChI=1S/C17H22N2O3/c1-10(7-8-14-6-5-9-22-14)18-17(21)16-11(2)15(13(4)20)12(3)19-16/h5-6,9-10,19H,7-8H2,1-4H3,(H,18,21). The molecule has 0 bridgehead atoms. The summed E-state index contributed by atoms with van der Waals surface area (Å²) in [6.07, 6.45) is 3.21. The maximum absolute atomic E-state index is 12.3. The highest BCUT2D eigenvalue weighted by Crippen LogP contribution is 2.18. The Morgan fingerprint density at radius 2 is 2.09 bits per heavy atom. The number of rotatable bonds is 6. The molecular weight excluding hydrogens is 280 g/mol. The van der Waals surface area contributed by atoms with Gasteiger partial charge in [0.25, 0.3) is 5.91 Å². The van der Waals surface area contributed by atoms with E-state index in [1.54, 1.807) is 20.1 Å². The quantitative estimate of drug-likeness (QED) is 0.805. The van der Waals surface area contributed by atoms with Crippen LogP contribution in [-0.4, -0.2) is 22.7 Å². The second-order valence-electron chi connectivity index (χ2n) is 5.67. The number of nitrogens with one attached hydrogen (secondary N) is 2. The van der Waals surface area contributed by atoms with Crippen LogP contribution in [0.15, 0.2) is 22.8 Å². The fraction of sp³-hybridized carbons (Fsp3) is 0.412. The van der Waals surface area contributed by atoms with E-state index < -0.39 is 0 Å². The third-order valence-corrected chi connectivity index (χ3v) is 3.80. The van der Waals surface area contributed by atoms with E-state index in [2.05, 4.69) is 10.3 Å². The number of carbonyl (C=O) groups is 2. The van der Waals surface area contributed by atoms with Crippen LogP contribution in [0.4, 0.5) is 0 Å². The Labute approximate surface area is 130 Å². The van der Waals surface area contributed by atoms with Crippen molar-refractivity contribution in [2.45, 2.75) is 46.6 Å². The van der Waals surface area contributed by atoms with Crippen molar-refractivity contribution in [3.8, 4) is 0 Å². The Bertz CT molecular complexity index is 668. The molecule has 2 aromatic heterocycles. The number of carbonyl (C=O) groups excluding carboxylic acids is 2. The molecule has 0 spiro atoms. The predicted molar refractivity (Wildman–Crippen MR) is 84.2 cm³/mol. The monoisotopic (exact) mass is 302 g/mol. The average molecular weight is 302 g/mol.